The summed E-state index contributed by atoms with van der Waals surface area (Å²) >= 11 is 1.67. The van der Waals surface area contributed by atoms with Crippen molar-refractivity contribution in [3.8, 4) is 0 Å². The minimum atomic E-state index is -0.172. The molecule has 0 saturated carbocycles. The SMILES string of the molecule is O=C(Nc1ccccc1)c1cc2n(n1)CCN(Cc1nccs1)C2. The number of amides is 1. The van der Waals surface area contributed by atoms with Crippen LogP contribution in [0.1, 0.15) is 21.2 Å². The lowest BCUT2D eigenvalue weighted by Crippen LogP contribution is -2.33. The summed E-state index contributed by atoms with van der Waals surface area (Å²) < 4.78 is 1.93. The predicted molar refractivity (Wildman–Crippen MR) is 92.9 cm³/mol. The Morgan fingerprint density at radius 2 is 2.12 bits per heavy atom. The Morgan fingerprint density at radius 1 is 1.25 bits per heavy atom. The molecule has 0 radical (unpaired) electrons. The van der Waals surface area contributed by atoms with Crippen molar-refractivity contribution in [1.29, 1.82) is 0 Å². The van der Waals surface area contributed by atoms with Crippen molar-refractivity contribution in [2.45, 2.75) is 19.6 Å². The van der Waals surface area contributed by atoms with E-state index in [0.29, 0.717) is 5.69 Å². The number of carbonyl (C=O) groups excluding carboxylic acids is 1. The van der Waals surface area contributed by atoms with Crippen molar-refractivity contribution in [1.82, 2.24) is 19.7 Å². The molecule has 6 nitrogen and oxygen atoms in total. The van der Waals surface area contributed by atoms with Gasteiger partial charge < -0.3 is 5.32 Å². The van der Waals surface area contributed by atoms with Gasteiger partial charge in [0.2, 0.25) is 0 Å². The zero-order valence-corrected chi connectivity index (χ0v) is 13.9. The zero-order valence-electron chi connectivity index (χ0n) is 13.1. The van der Waals surface area contributed by atoms with Crippen LogP contribution in [-0.2, 0) is 19.6 Å². The average molecular weight is 339 g/mol. The summed E-state index contributed by atoms with van der Waals surface area (Å²) in [5, 5.41) is 10.4. The number of carbonyl (C=O) groups is 1. The summed E-state index contributed by atoms with van der Waals surface area (Å²) in [7, 11) is 0. The molecule has 0 aliphatic carbocycles. The molecule has 7 heteroatoms. The molecule has 3 aromatic rings. The molecule has 0 saturated heterocycles. The molecule has 24 heavy (non-hydrogen) atoms. The molecule has 0 spiro atoms. The van der Waals surface area contributed by atoms with Crippen LogP contribution in [0.2, 0.25) is 0 Å². The van der Waals surface area contributed by atoms with Crippen molar-refractivity contribution in [2.75, 3.05) is 11.9 Å². The van der Waals surface area contributed by atoms with Crippen LogP contribution in [-0.4, -0.2) is 32.1 Å². The lowest BCUT2D eigenvalue weighted by Gasteiger charge is -2.26. The van der Waals surface area contributed by atoms with Crippen LogP contribution in [0.15, 0.2) is 48.0 Å². The second-order valence-corrected chi connectivity index (χ2v) is 6.68. The molecule has 1 aromatic carbocycles. The van der Waals surface area contributed by atoms with Crippen molar-refractivity contribution >= 4 is 22.9 Å². The van der Waals surface area contributed by atoms with Crippen LogP contribution in [0, 0.1) is 0 Å². The first-order chi connectivity index (χ1) is 11.8. The minimum absolute atomic E-state index is 0.172. The van der Waals surface area contributed by atoms with E-state index in [1.54, 1.807) is 11.3 Å². The molecule has 1 aliphatic rings. The highest BCUT2D eigenvalue weighted by Crippen LogP contribution is 2.18. The van der Waals surface area contributed by atoms with Crippen LogP contribution in [0.25, 0.3) is 0 Å². The van der Waals surface area contributed by atoms with E-state index in [4.69, 9.17) is 0 Å². The van der Waals surface area contributed by atoms with Gasteiger partial charge in [0.15, 0.2) is 5.69 Å². The molecular weight excluding hydrogens is 322 g/mol. The molecule has 3 heterocycles. The average Bonchev–Trinajstić information content (AvgIpc) is 3.25. The number of hydrogen-bond acceptors (Lipinski definition) is 5. The van der Waals surface area contributed by atoms with E-state index in [1.807, 2.05) is 52.7 Å². The first-order valence-corrected chi connectivity index (χ1v) is 8.70. The molecule has 4 rings (SSSR count). The smallest absolute Gasteiger partial charge is 0.276 e. The monoisotopic (exact) mass is 339 g/mol. The highest BCUT2D eigenvalue weighted by molar-refractivity contribution is 7.09. The first kappa shape index (κ1) is 15.0. The summed E-state index contributed by atoms with van der Waals surface area (Å²) in [6.07, 6.45) is 1.83. The third-order valence-electron chi connectivity index (χ3n) is 3.98. The number of rotatable bonds is 4. The van der Waals surface area contributed by atoms with E-state index >= 15 is 0 Å². The molecule has 1 amide bonds. The number of nitrogens with one attached hydrogen (secondary N) is 1. The third kappa shape index (κ3) is 3.22. The quantitative estimate of drug-likeness (QED) is 0.794. The lowest BCUT2D eigenvalue weighted by atomic mass is 10.2. The van der Waals surface area contributed by atoms with E-state index in [-0.39, 0.29) is 5.91 Å². The Hall–Kier alpha value is -2.51. The number of nitrogens with zero attached hydrogens (tertiary/aromatic N) is 4. The summed E-state index contributed by atoms with van der Waals surface area (Å²) in [4.78, 5) is 19.0. The second kappa shape index (κ2) is 6.54. The molecule has 2 aromatic heterocycles. The number of hydrogen-bond donors (Lipinski definition) is 1. The number of thiazole rings is 1. The van der Waals surface area contributed by atoms with E-state index in [0.717, 1.165) is 42.6 Å². The van der Waals surface area contributed by atoms with Gasteiger partial charge in [-0.1, -0.05) is 18.2 Å². The van der Waals surface area contributed by atoms with E-state index < -0.39 is 0 Å². The topological polar surface area (TPSA) is 63.1 Å². The summed E-state index contributed by atoms with van der Waals surface area (Å²) in [6, 6.07) is 11.3. The molecule has 0 unspecified atom stereocenters. The molecule has 1 N–H and O–H groups in total. The van der Waals surface area contributed by atoms with Crippen molar-refractivity contribution in [3.05, 3.63) is 64.4 Å². The Bertz CT molecular complexity index is 828. The Balaban J connectivity index is 1.45. The molecule has 1 aliphatic heterocycles. The van der Waals surface area contributed by atoms with Crippen molar-refractivity contribution < 1.29 is 4.79 Å². The second-order valence-electron chi connectivity index (χ2n) is 5.70. The maximum absolute atomic E-state index is 12.4. The summed E-state index contributed by atoms with van der Waals surface area (Å²) in [5.41, 5.74) is 2.31. The van der Waals surface area contributed by atoms with Crippen LogP contribution in [0.5, 0.6) is 0 Å². The van der Waals surface area contributed by atoms with Crippen LogP contribution in [0.3, 0.4) is 0 Å². The number of anilines is 1. The van der Waals surface area contributed by atoms with E-state index in [1.165, 1.54) is 0 Å². The first-order valence-electron chi connectivity index (χ1n) is 7.82. The molecule has 0 bridgehead atoms. The van der Waals surface area contributed by atoms with Gasteiger partial charge in [-0.05, 0) is 18.2 Å². The fourth-order valence-electron chi connectivity index (χ4n) is 2.81. The highest BCUT2D eigenvalue weighted by atomic mass is 32.1. The Labute approximate surface area is 143 Å². The van der Waals surface area contributed by atoms with Gasteiger partial charge in [-0.15, -0.1) is 11.3 Å². The molecule has 0 fully saturated rings. The largest absolute Gasteiger partial charge is 0.321 e. The number of para-hydroxylation sites is 1. The summed E-state index contributed by atoms with van der Waals surface area (Å²) in [5.74, 6) is -0.172. The highest BCUT2D eigenvalue weighted by Gasteiger charge is 2.21. The Kier molecular flexibility index (Phi) is 4.10. The predicted octanol–water partition coefficient (Wildman–Crippen LogP) is 2.61. The van der Waals surface area contributed by atoms with Gasteiger partial charge in [-0.3, -0.25) is 14.4 Å². The normalized spacial score (nSPS) is 14.3. The van der Waals surface area contributed by atoms with Gasteiger partial charge in [0, 0.05) is 30.4 Å². The molecule has 122 valence electrons. The van der Waals surface area contributed by atoms with Crippen LogP contribution < -0.4 is 5.32 Å². The van der Waals surface area contributed by atoms with Crippen LogP contribution in [0.4, 0.5) is 5.69 Å². The van der Waals surface area contributed by atoms with Crippen molar-refractivity contribution in [3.63, 3.8) is 0 Å². The number of fused-ring (bicyclic) bond motifs is 1. The van der Waals surface area contributed by atoms with Gasteiger partial charge in [0.25, 0.3) is 5.91 Å². The van der Waals surface area contributed by atoms with E-state index in [2.05, 4.69) is 20.3 Å². The lowest BCUT2D eigenvalue weighted by molar-refractivity contribution is 0.102. The third-order valence-corrected chi connectivity index (χ3v) is 4.75. The fraction of sp³-hybridized carbons (Fsp3) is 0.235. The van der Waals surface area contributed by atoms with E-state index in [9.17, 15) is 4.79 Å². The van der Waals surface area contributed by atoms with Gasteiger partial charge in [-0.25, -0.2) is 4.98 Å². The van der Waals surface area contributed by atoms with Gasteiger partial charge in [0.05, 0.1) is 18.8 Å². The Morgan fingerprint density at radius 3 is 2.92 bits per heavy atom. The van der Waals surface area contributed by atoms with Gasteiger partial charge in [0.1, 0.15) is 5.01 Å². The maximum atomic E-state index is 12.4. The number of benzene rings is 1. The van der Waals surface area contributed by atoms with Gasteiger partial charge >= 0.3 is 0 Å². The van der Waals surface area contributed by atoms with Gasteiger partial charge in [-0.2, -0.15) is 5.10 Å². The standard InChI is InChI=1S/C17H17N5OS/c23-17(19-13-4-2-1-3-5-13)15-10-14-11-21(7-8-22(14)20-15)12-16-18-6-9-24-16/h1-6,9-10H,7-8,11-12H2,(H,19,23). The minimum Gasteiger partial charge on any atom is -0.321 e. The summed E-state index contributed by atoms with van der Waals surface area (Å²) in [6.45, 7) is 3.33. The fourth-order valence-corrected chi connectivity index (χ4v) is 3.46. The van der Waals surface area contributed by atoms with Crippen LogP contribution >= 0.6 is 11.3 Å². The molecule has 0 atom stereocenters. The number of aromatic nitrogens is 3. The zero-order chi connectivity index (χ0) is 16.4. The molecular formula is C17H17N5OS. The van der Waals surface area contributed by atoms with Crippen molar-refractivity contribution in [2.24, 2.45) is 0 Å². The maximum Gasteiger partial charge on any atom is 0.276 e.